The molecule has 0 aromatic rings. The van der Waals surface area contributed by atoms with Gasteiger partial charge >= 0.3 is 0 Å². The number of carbonyl (C=O) groups excluding carboxylic acids is 1. The molecule has 162 valence electrons. The Hall–Kier alpha value is -0.650. The van der Waals surface area contributed by atoms with E-state index in [1.54, 1.807) is 0 Å². The Balaban J connectivity index is 3.58. The molecule has 0 saturated carbocycles. The molecule has 2 atom stereocenters. The second-order valence-electron chi connectivity index (χ2n) is 7.89. The molecule has 0 fully saturated rings. The molecule has 0 aliphatic rings. The van der Waals surface area contributed by atoms with Crippen LogP contribution in [0, 0.1) is 0 Å². The van der Waals surface area contributed by atoms with Crippen LogP contribution in [0.1, 0.15) is 104 Å². The molecule has 0 rings (SSSR count). The van der Waals surface area contributed by atoms with Crippen molar-refractivity contribution >= 4 is 5.91 Å². The highest BCUT2D eigenvalue weighted by Gasteiger charge is 2.20. The van der Waals surface area contributed by atoms with Crippen molar-refractivity contribution in [1.29, 1.82) is 0 Å². The standard InChI is InChI=1S/C22H45NO4/c1-3-4-5-6-7-8-9-10-11-12-13-14-15-16-17-23(18-21(26)19-24)22(27)20(2)25/h20-21,24-26H,3-19H2,1-2H3. The Morgan fingerprint density at radius 2 is 1.19 bits per heavy atom. The quantitative estimate of drug-likeness (QED) is 0.292. The number of amides is 1. The predicted octanol–water partition coefficient (Wildman–Crippen LogP) is 4.03. The van der Waals surface area contributed by atoms with Crippen molar-refractivity contribution in [2.45, 2.75) is 116 Å². The van der Waals surface area contributed by atoms with E-state index in [1.807, 2.05) is 0 Å². The molecule has 1 amide bonds. The molecule has 5 nitrogen and oxygen atoms in total. The lowest BCUT2D eigenvalue weighted by molar-refractivity contribution is -0.141. The highest BCUT2D eigenvalue weighted by molar-refractivity contribution is 5.80. The molecule has 5 heteroatoms. The molecule has 0 saturated heterocycles. The first-order chi connectivity index (χ1) is 13.0. The van der Waals surface area contributed by atoms with Crippen molar-refractivity contribution in [3.8, 4) is 0 Å². The average Bonchev–Trinajstić information content (AvgIpc) is 2.66. The van der Waals surface area contributed by atoms with Gasteiger partial charge in [0.15, 0.2) is 0 Å². The highest BCUT2D eigenvalue weighted by Crippen LogP contribution is 2.13. The Morgan fingerprint density at radius 3 is 1.56 bits per heavy atom. The van der Waals surface area contributed by atoms with Crippen LogP contribution in [0.15, 0.2) is 0 Å². The number of aliphatic hydroxyl groups is 3. The second kappa shape index (κ2) is 18.7. The third kappa shape index (κ3) is 16.0. The summed E-state index contributed by atoms with van der Waals surface area (Å²) in [5.41, 5.74) is 0. The summed E-state index contributed by atoms with van der Waals surface area (Å²) in [6.07, 6.45) is 15.9. The molecular weight excluding hydrogens is 342 g/mol. The van der Waals surface area contributed by atoms with Gasteiger partial charge in [-0.25, -0.2) is 0 Å². The SMILES string of the molecule is CCCCCCCCCCCCCCCCN(CC(O)CO)C(=O)C(C)O. The predicted molar refractivity (Wildman–Crippen MR) is 112 cm³/mol. The van der Waals surface area contributed by atoms with E-state index in [-0.39, 0.29) is 19.1 Å². The van der Waals surface area contributed by atoms with Crippen molar-refractivity contribution in [2.24, 2.45) is 0 Å². The first-order valence-corrected chi connectivity index (χ1v) is 11.3. The van der Waals surface area contributed by atoms with Crippen LogP contribution in [0.2, 0.25) is 0 Å². The summed E-state index contributed by atoms with van der Waals surface area (Å²) >= 11 is 0. The Morgan fingerprint density at radius 1 is 0.778 bits per heavy atom. The van der Waals surface area contributed by atoms with E-state index in [9.17, 15) is 15.0 Å². The molecule has 0 radical (unpaired) electrons. The lowest BCUT2D eigenvalue weighted by atomic mass is 10.0. The van der Waals surface area contributed by atoms with Crippen LogP contribution in [0.3, 0.4) is 0 Å². The van der Waals surface area contributed by atoms with Gasteiger partial charge < -0.3 is 20.2 Å². The number of hydrogen-bond acceptors (Lipinski definition) is 4. The molecule has 0 heterocycles. The summed E-state index contributed by atoms with van der Waals surface area (Å²) in [5, 5.41) is 28.0. The second-order valence-corrected chi connectivity index (χ2v) is 7.89. The fraction of sp³-hybridized carbons (Fsp3) is 0.955. The number of carbonyl (C=O) groups is 1. The van der Waals surface area contributed by atoms with E-state index in [0.29, 0.717) is 6.54 Å². The molecule has 3 N–H and O–H groups in total. The van der Waals surface area contributed by atoms with Gasteiger partial charge in [0.2, 0.25) is 0 Å². The number of hydrogen-bond donors (Lipinski definition) is 3. The van der Waals surface area contributed by atoms with Crippen molar-refractivity contribution in [1.82, 2.24) is 4.90 Å². The maximum atomic E-state index is 11.9. The zero-order chi connectivity index (χ0) is 20.3. The van der Waals surface area contributed by atoms with Gasteiger partial charge in [-0.2, -0.15) is 0 Å². The molecule has 0 aromatic carbocycles. The van der Waals surface area contributed by atoms with Crippen molar-refractivity contribution < 1.29 is 20.1 Å². The van der Waals surface area contributed by atoms with Crippen LogP contribution >= 0.6 is 0 Å². The summed E-state index contributed by atoms with van der Waals surface area (Å²) in [6.45, 7) is 3.93. The van der Waals surface area contributed by atoms with Crippen LogP contribution in [0.5, 0.6) is 0 Å². The first kappa shape index (κ1) is 26.4. The van der Waals surface area contributed by atoms with Gasteiger partial charge in [-0.1, -0.05) is 90.4 Å². The first-order valence-electron chi connectivity index (χ1n) is 11.3. The molecule has 0 spiro atoms. The van der Waals surface area contributed by atoms with E-state index in [1.165, 1.54) is 82.5 Å². The van der Waals surface area contributed by atoms with Crippen molar-refractivity contribution in [3.63, 3.8) is 0 Å². The third-order valence-corrected chi connectivity index (χ3v) is 5.09. The van der Waals surface area contributed by atoms with Crippen LogP contribution in [0.4, 0.5) is 0 Å². The number of rotatable bonds is 19. The van der Waals surface area contributed by atoms with Crippen molar-refractivity contribution in [3.05, 3.63) is 0 Å². The minimum Gasteiger partial charge on any atom is -0.394 e. The fourth-order valence-electron chi connectivity index (χ4n) is 3.37. The van der Waals surface area contributed by atoms with Gasteiger partial charge in [0.25, 0.3) is 5.91 Å². The van der Waals surface area contributed by atoms with Crippen LogP contribution in [0.25, 0.3) is 0 Å². The molecule has 0 aromatic heterocycles. The summed E-state index contributed by atoms with van der Waals surface area (Å²) < 4.78 is 0. The minimum atomic E-state index is -1.07. The van der Waals surface area contributed by atoms with Gasteiger partial charge in [-0.15, -0.1) is 0 Å². The Labute approximate surface area is 167 Å². The number of unbranched alkanes of at least 4 members (excludes halogenated alkanes) is 13. The summed E-state index contributed by atoms with van der Waals surface area (Å²) in [4.78, 5) is 13.4. The monoisotopic (exact) mass is 387 g/mol. The molecule has 2 unspecified atom stereocenters. The summed E-state index contributed by atoms with van der Waals surface area (Å²) in [5.74, 6) is -0.378. The van der Waals surface area contributed by atoms with Gasteiger partial charge in [0.05, 0.1) is 12.7 Å². The van der Waals surface area contributed by atoms with Gasteiger partial charge in [-0.3, -0.25) is 4.79 Å². The van der Waals surface area contributed by atoms with Gasteiger partial charge in [0.1, 0.15) is 6.10 Å². The largest absolute Gasteiger partial charge is 0.394 e. The lowest BCUT2D eigenvalue weighted by Gasteiger charge is -2.26. The average molecular weight is 388 g/mol. The van der Waals surface area contributed by atoms with E-state index in [0.717, 1.165) is 19.3 Å². The Bertz CT molecular complexity index is 336. The van der Waals surface area contributed by atoms with Gasteiger partial charge in [0, 0.05) is 13.1 Å². The zero-order valence-corrected chi connectivity index (χ0v) is 17.9. The van der Waals surface area contributed by atoms with Crippen LogP contribution in [-0.2, 0) is 4.79 Å². The molecule has 0 aliphatic heterocycles. The minimum absolute atomic E-state index is 0.0820. The lowest BCUT2D eigenvalue weighted by Crippen LogP contribution is -2.43. The number of aliphatic hydroxyl groups excluding tert-OH is 3. The van der Waals surface area contributed by atoms with E-state index in [2.05, 4.69) is 6.92 Å². The van der Waals surface area contributed by atoms with Crippen molar-refractivity contribution in [2.75, 3.05) is 19.7 Å². The normalized spacial score (nSPS) is 13.5. The topological polar surface area (TPSA) is 81.0 Å². The summed E-state index contributed by atoms with van der Waals surface area (Å²) in [6, 6.07) is 0. The van der Waals surface area contributed by atoms with Gasteiger partial charge in [-0.05, 0) is 13.3 Å². The molecule has 27 heavy (non-hydrogen) atoms. The Kier molecular flexibility index (Phi) is 18.3. The maximum Gasteiger partial charge on any atom is 0.251 e. The number of nitrogens with zero attached hydrogens (tertiary/aromatic N) is 1. The van der Waals surface area contributed by atoms with Crippen LogP contribution < -0.4 is 0 Å². The smallest absolute Gasteiger partial charge is 0.251 e. The fourth-order valence-corrected chi connectivity index (χ4v) is 3.37. The van der Waals surface area contributed by atoms with E-state index >= 15 is 0 Å². The summed E-state index contributed by atoms with van der Waals surface area (Å²) in [7, 11) is 0. The molecule has 0 aliphatic carbocycles. The third-order valence-electron chi connectivity index (χ3n) is 5.09. The van der Waals surface area contributed by atoms with E-state index in [4.69, 9.17) is 5.11 Å². The zero-order valence-electron chi connectivity index (χ0n) is 17.9. The highest BCUT2D eigenvalue weighted by atomic mass is 16.3. The van der Waals surface area contributed by atoms with E-state index < -0.39 is 12.2 Å². The van der Waals surface area contributed by atoms with Crippen LogP contribution in [-0.4, -0.2) is 58.0 Å². The maximum absolute atomic E-state index is 11.9. The molecule has 0 bridgehead atoms. The molecular formula is C22H45NO4.